The number of aryl methyl sites for hydroxylation is 2. The monoisotopic (exact) mass is 249 g/mol. The van der Waals surface area contributed by atoms with Gasteiger partial charge in [-0.25, -0.2) is 4.98 Å². The van der Waals surface area contributed by atoms with E-state index in [1.165, 1.54) is 5.56 Å². The topological polar surface area (TPSA) is 41.6 Å². The molecule has 0 amide bonds. The van der Waals surface area contributed by atoms with Gasteiger partial charge in [-0.05, 0) is 24.1 Å². The Bertz CT molecular complexity index is 613. The summed E-state index contributed by atoms with van der Waals surface area (Å²) in [4.78, 5) is 11.7. The van der Waals surface area contributed by atoms with Crippen LogP contribution in [-0.4, -0.2) is 15.0 Å². The molecule has 0 fully saturated rings. The lowest BCUT2D eigenvalue weighted by Crippen LogP contribution is -1.93. The molecule has 0 unspecified atom stereocenters. The van der Waals surface area contributed by atoms with Crippen molar-refractivity contribution in [2.75, 3.05) is 0 Å². The molecule has 19 heavy (non-hydrogen) atoms. The Kier molecular flexibility index (Phi) is 3.36. The predicted octanol–water partition coefficient (Wildman–Crippen LogP) is 3.26. The third-order valence-electron chi connectivity index (χ3n) is 3.12. The highest BCUT2D eigenvalue weighted by atomic mass is 14.9. The molecule has 0 spiro atoms. The van der Waals surface area contributed by atoms with Gasteiger partial charge in [0.25, 0.3) is 0 Å². The average Bonchev–Trinajstić information content (AvgIpc) is 3.00. The molecule has 3 nitrogen and oxygen atoms in total. The maximum Gasteiger partial charge on any atom is 0.106 e. The summed E-state index contributed by atoms with van der Waals surface area (Å²) in [6.45, 7) is 0. The number of hydrogen-bond donors (Lipinski definition) is 1. The fourth-order valence-electron chi connectivity index (χ4n) is 2.07. The first kappa shape index (κ1) is 11.7. The number of H-pyrrole nitrogens is 1. The van der Waals surface area contributed by atoms with Gasteiger partial charge in [0.05, 0.1) is 5.69 Å². The van der Waals surface area contributed by atoms with Gasteiger partial charge in [-0.1, -0.05) is 30.3 Å². The van der Waals surface area contributed by atoms with Gasteiger partial charge in [-0.2, -0.15) is 0 Å². The molecular formula is C16H15N3. The average molecular weight is 249 g/mol. The first-order valence-electron chi connectivity index (χ1n) is 6.40. The molecule has 3 rings (SSSR count). The summed E-state index contributed by atoms with van der Waals surface area (Å²) in [5, 5.41) is 0. The normalized spacial score (nSPS) is 10.5. The van der Waals surface area contributed by atoms with Gasteiger partial charge in [0.15, 0.2) is 0 Å². The standard InChI is InChI=1S/C16H15N3/c1-2-10-17-15(3-1)14-7-4-13(5-8-14)6-9-16-18-11-12-19-16/h1-5,7-8,10-12H,6,9H2,(H,18,19). The zero-order valence-corrected chi connectivity index (χ0v) is 10.6. The molecule has 0 aliphatic rings. The fraction of sp³-hybridized carbons (Fsp3) is 0.125. The molecule has 2 heterocycles. The minimum atomic E-state index is 0.940. The van der Waals surface area contributed by atoms with E-state index in [2.05, 4.69) is 39.2 Å². The molecule has 1 aromatic carbocycles. The van der Waals surface area contributed by atoms with Crippen LogP contribution in [-0.2, 0) is 12.8 Å². The van der Waals surface area contributed by atoms with Crippen molar-refractivity contribution >= 4 is 0 Å². The van der Waals surface area contributed by atoms with E-state index in [9.17, 15) is 0 Å². The molecule has 3 heteroatoms. The Morgan fingerprint density at radius 3 is 2.42 bits per heavy atom. The Morgan fingerprint density at radius 1 is 0.842 bits per heavy atom. The van der Waals surface area contributed by atoms with Crippen molar-refractivity contribution in [1.82, 2.24) is 15.0 Å². The number of rotatable bonds is 4. The summed E-state index contributed by atoms with van der Waals surface area (Å²) in [7, 11) is 0. The maximum absolute atomic E-state index is 4.35. The minimum absolute atomic E-state index is 0.940. The van der Waals surface area contributed by atoms with Crippen molar-refractivity contribution in [3.05, 3.63) is 72.4 Å². The summed E-state index contributed by atoms with van der Waals surface area (Å²) in [5.41, 5.74) is 3.48. The van der Waals surface area contributed by atoms with Gasteiger partial charge in [-0.15, -0.1) is 0 Å². The van der Waals surface area contributed by atoms with Crippen LogP contribution in [0.1, 0.15) is 11.4 Å². The van der Waals surface area contributed by atoms with Crippen LogP contribution in [0.4, 0.5) is 0 Å². The molecule has 2 aromatic heterocycles. The zero-order chi connectivity index (χ0) is 12.9. The number of aromatic amines is 1. The molecular weight excluding hydrogens is 234 g/mol. The number of hydrogen-bond acceptors (Lipinski definition) is 2. The highest BCUT2D eigenvalue weighted by Gasteiger charge is 2.00. The Morgan fingerprint density at radius 2 is 1.74 bits per heavy atom. The lowest BCUT2D eigenvalue weighted by Gasteiger charge is -2.03. The van der Waals surface area contributed by atoms with Crippen molar-refractivity contribution in [3.8, 4) is 11.3 Å². The molecule has 0 saturated heterocycles. The summed E-state index contributed by atoms with van der Waals surface area (Å²) in [6, 6.07) is 14.5. The molecule has 0 atom stereocenters. The largest absolute Gasteiger partial charge is 0.349 e. The second kappa shape index (κ2) is 5.48. The molecule has 0 radical (unpaired) electrons. The summed E-state index contributed by atoms with van der Waals surface area (Å²) >= 11 is 0. The van der Waals surface area contributed by atoms with E-state index in [1.807, 2.05) is 30.6 Å². The van der Waals surface area contributed by atoms with Crippen LogP contribution in [0.25, 0.3) is 11.3 Å². The molecule has 94 valence electrons. The molecule has 0 bridgehead atoms. The lowest BCUT2D eigenvalue weighted by atomic mass is 10.1. The first-order valence-corrected chi connectivity index (χ1v) is 6.40. The van der Waals surface area contributed by atoms with Gasteiger partial charge in [-0.3, -0.25) is 4.98 Å². The number of benzene rings is 1. The Balaban J connectivity index is 1.69. The third kappa shape index (κ3) is 2.88. The number of aromatic nitrogens is 3. The van der Waals surface area contributed by atoms with Crippen molar-refractivity contribution in [2.45, 2.75) is 12.8 Å². The quantitative estimate of drug-likeness (QED) is 0.771. The molecule has 0 aliphatic heterocycles. The fourth-order valence-corrected chi connectivity index (χ4v) is 2.07. The SMILES string of the molecule is c1ccc(-c2ccc(CCc3ncc[nH]3)cc2)nc1. The summed E-state index contributed by atoms with van der Waals surface area (Å²) in [5.74, 6) is 1.04. The van der Waals surface area contributed by atoms with E-state index < -0.39 is 0 Å². The van der Waals surface area contributed by atoms with E-state index >= 15 is 0 Å². The highest BCUT2D eigenvalue weighted by molar-refractivity contribution is 5.58. The van der Waals surface area contributed by atoms with Crippen LogP contribution in [0.5, 0.6) is 0 Å². The Hall–Kier alpha value is -2.42. The van der Waals surface area contributed by atoms with Gasteiger partial charge < -0.3 is 4.98 Å². The van der Waals surface area contributed by atoms with Crippen LogP contribution >= 0.6 is 0 Å². The van der Waals surface area contributed by atoms with Gasteiger partial charge in [0, 0.05) is 30.6 Å². The van der Waals surface area contributed by atoms with E-state index in [0.29, 0.717) is 0 Å². The smallest absolute Gasteiger partial charge is 0.106 e. The second-order valence-electron chi connectivity index (χ2n) is 4.45. The minimum Gasteiger partial charge on any atom is -0.349 e. The van der Waals surface area contributed by atoms with Gasteiger partial charge in [0.1, 0.15) is 5.82 Å². The molecule has 0 aliphatic carbocycles. The lowest BCUT2D eigenvalue weighted by molar-refractivity contribution is 0.884. The molecule has 0 saturated carbocycles. The molecule has 1 N–H and O–H groups in total. The van der Waals surface area contributed by atoms with Gasteiger partial charge in [0.2, 0.25) is 0 Å². The molecule has 3 aromatic rings. The van der Waals surface area contributed by atoms with E-state index in [4.69, 9.17) is 0 Å². The Labute approximate surface area is 112 Å². The number of imidazole rings is 1. The first-order chi connectivity index (χ1) is 9.42. The summed E-state index contributed by atoms with van der Waals surface area (Å²) in [6.07, 6.45) is 7.41. The van der Waals surface area contributed by atoms with Crippen molar-refractivity contribution in [2.24, 2.45) is 0 Å². The van der Waals surface area contributed by atoms with Gasteiger partial charge >= 0.3 is 0 Å². The van der Waals surface area contributed by atoms with E-state index in [0.717, 1.165) is 29.9 Å². The van der Waals surface area contributed by atoms with Crippen molar-refractivity contribution in [3.63, 3.8) is 0 Å². The highest BCUT2D eigenvalue weighted by Crippen LogP contribution is 2.17. The second-order valence-corrected chi connectivity index (χ2v) is 4.45. The summed E-state index contributed by atoms with van der Waals surface area (Å²) < 4.78 is 0. The maximum atomic E-state index is 4.35. The van der Waals surface area contributed by atoms with Crippen LogP contribution < -0.4 is 0 Å². The van der Waals surface area contributed by atoms with Crippen LogP contribution in [0.15, 0.2) is 61.1 Å². The number of nitrogens with zero attached hydrogens (tertiary/aromatic N) is 2. The third-order valence-corrected chi connectivity index (χ3v) is 3.12. The van der Waals surface area contributed by atoms with Crippen LogP contribution in [0.3, 0.4) is 0 Å². The van der Waals surface area contributed by atoms with Crippen LogP contribution in [0, 0.1) is 0 Å². The number of nitrogens with one attached hydrogen (secondary N) is 1. The van der Waals surface area contributed by atoms with Crippen molar-refractivity contribution < 1.29 is 0 Å². The van der Waals surface area contributed by atoms with Crippen LogP contribution in [0.2, 0.25) is 0 Å². The van der Waals surface area contributed by atoms with Crippen molar-refractivity contribution in [1.29, 1.82) is 0 Å². The number of pyridine rings is 1. The van der Waals surface area contributed by atoms with E-state index in [-0.39, 0.29) is 0 Å². The van der Waals surface area contributed by atoms with E-state index in [1.54, 1.807) is 6.20 Å². The predicted molar refractivity (Wildman–Crippen MR) is 75.7 cm³/mol. The zero-order valence-electron chi connectivity index (χ0n) is 10.6.